The Morgan fingerprint density at radius 3 is 2.75 bits per heavy atom. The number of rotatable bonds is 4. The molecule has 1 saturated heterocycles. The fourth-order valence-electron chi connectivity index (χ4n) is 2.56. The van der Waals surface area contributed by atoms with Gasteiger partial charge in [0.1, 0.15) is 0 Å². The monoisotopic (exact) mass is 276 g/mol. The Hall–Kier alpha value is -1.55. The van der Waals surface area contributed by atoms with Crippen molar-refractivity contribution < 1.29 is 9.53 Å². The van der Waals surface area contributed by atoms with E-state index in [0.29, 0.717) is 12.0 Å². The predicted molar refractivity (Wildman–Crippen MR) is 81.2 cm³/mol. The zero-order valence-corrected chi connectivity index (χ0v) is 12.8. The maximum atomic E-state index is 12.0. The van der Waals surface area contributed by atoms with Gasteiger partial charge in [-0.05, 0) is 44.0 Å². The Morgan fingerprint density at radius 1 is 1.45 bits per heavy atom. The van der Waals surface area contributed by atoms with Gasteiger partial charge in [-0.2, -0.15) is 0 Å². The molecule has 0 spiro atoms. The lowest BCUT2D eigenvalue weighted by Crippen LogP contribution is -2.26. The van der Waals surface area contributed by atoms with Crippen molar-refractivity contribution >= 4 is 11.6 Å². The summed E-state index contributed by atoms with van der Waals surface area (Å²) in [5.41, 5.74) is 2.83. The highest BCUT2D eigenvalue weighted by atomic mass is 16.5. The van der Waals surface area contributed by atoms with E-state index in [0.717, 1.165) is 36.4 Å². The van der Waals surface area contributed by atoms with Gasteiger partial charge in [0.25, 0.3) is 5.91 Å². The van der Waals surface area contributed by atoms with E-state index >= 15 is 0 Å². The number of ether oxygens (including phenoxy) is 1. The summed E-state index contributed by atoms with van der Waals surface area (Å²) in [5.74, 6) is 0.615. The normalized spacial score (nSPS) is 19.7. The van der Waals surface area contributed by atoms with Gasteiger partial charge in [-0.3, -0.25) is 4.79 Å². The molecule has 20 heavy (non-hydrogen) atoms. The molecule has 0 bridgehead atoms. The molecule has 2 atom stereocenters. The topological polar surface area (TPSA) is 41.6 Å². The second-order valence-electron chi connectivity index (χ2n) is 5.79. The first-order valence-electron chi connectivity index (χ1n) is 7.15. The quantitative estimate of drug-likeness (QED) is 0.919. The molecule has 4 nitrogen and oxygen atoms in total. The van der Waals surface area contributed by atoms with Gasteiger partial charge in [-0.25, -0.2) is 0 Å². The van der Waals surface area contributed by atoms with Crippen LogP contribution in [0.2, 0.25) is 0 Å². The molecule has 110 valence electrons. The molecule has 1 amide bonds. The van der Waals surface area contributed by atoms with Gasteiger partial charge in [0, 0.05) is 43.9 Å². The summed E-state index contributed by atoms with van der Waals surface area (Å²) in [6.07, 6.45) is 1.12. The van der Waals surface area contributed by atoms with E-state index in [1.54, 1.807) is 19.0 Å². The molecule has 0 aliphatic carbocycles. The lowest BCUT2D eigenvalue weighted by atomic mass is 10.00. The average Bonchev–Trinajstić information content (AvgIpc) is 2.92. The molecule has 1 aliphatic rings. The van der Waals surface area contributed by atoms with Crippen molar-refractivity contribution in [3.8, 4) is 0 Å². The number of carbonyl (C=O) groups is 1. The molecule has 1 fully saturated rings. The molecule has 0 radical (unpaired) electrons. The van der Waals surface area contributed by atoms with Crippen LogP contribution in [0.5, 0.6) is 0 Å². The smallest absolute Gasteiger partial charge is 0.253 e. The van der Waals surface area contributed by atoms with Gasteiger partial charge >= 0.3 is 0 Å². The molecule has 1 heterocycles. The van der Waals surface area contributed by atoms with Crippen LogP contribution in [0.3, 0.4) is 0 Å². The number of hydrogen-bond acceptors (Lipinski definition) is 3. The molecule has 1 N–H and O–H groups in total. The second-order valence-corrected chi connectivity index (χ2v) is 5.79. The highest BCUT2D eigenvalue weighted by molar-refractivity contribution is 5.95. The predicted octanol–water partition coefficient (Wildman–Crippen LogP) is 2.53. The summed E-state index contributed by atoms with van der Waals surface area (Å²) < 4.78 is 5.43. The minimum absolute atomic E-state index is 0.0475. The Labute approximate surface area is 121 Å². The number of amides is 1. The lowest BCUT2D eigenvalue weighted by Gasteiger charge is -2.21. The summed E-state index contributed by atoms with van der Waals surface area (Å²) in [7, 11) is 3.55. The summed E-state index contributed by atoms with van der Waals surface area (Å²) in [5, 5.41) is 3.52. The summed E-state index contributed by atoms with van der Waals surface area (Å²) in [6.45, 7) is 5.87. The standard InChI is InChI=1S/C16H24N2O2/c1-11-9-14(5-6-15(11)16(19)18(3)4)17-12(2)13-7-8-20-10-13/h5-6,9,12-13,17H,7-8,10H2,1-4H3/t12-,13-/m0/s1. The van der Waals surface area contributed by atoms with Gasteiger partial charge in [0.15, 0.2) is 0 Å². The van der Waals surface area contributed by atoms with Crippen LogP contribution in [-0.2, 0) is 4.74 Å². The van der Waals surface area contributed by atoms with E-state index in [1.165, 1.54) is 0 Å². The Bertz CT molecular complexity index is 479. The first kappa shape index (κ1) is 14.9. The van der Waals surface area contributed by atoms with Crippen molar-refractivity contribution in [1.82, 2.24) is 4.90 Å². The highest BCUT2D eigenvalue weighted by Gasteiger charge is 2.22. The Morgan fingerprint density at radius 2 is 2.20 bits per heavy atom. The van der Waals surface area contributed by atoms with Crippen LogP contribution in [0.25, 0.3) is 0 Å². The van der Waals surface area contributed by atoms with Gasteiger partial charge in [-0.15, -0.1) is 0 Å². The third kappa shape index (κ3) is 3.31. The molecule has 0 unspecified atom stereocenters. The zero-order valence-electron chi connectivity index (χ0n) is 12.8. The van der Waals surface area contributed by atoms with Crippen molar-refractivity contribution in [1.29, 1.82) is 0 Å². The molecular weight excluding hydrogens is 252 g/mol. The second kappa shape index (κ2) is 6.27. The van der Waals surface area contributed by atoms with Crippen molar-refractivity contribution in [2.75, 3.05) is 32.6 Å². The van der Waals surface area contributed by atoms with E-state index < -0.39 is 0 Å². The first-order chi connectivity index (χ1) is 9.49. The van der Waals surface area contributed by atoms with Crippen LogP contribution >= 0.6 is 0 Å². The van der Waals surface area contributed by atoms with Gasteiger partial charge in [-0.1, -0.05) is 0 Å². The molecule has 1 aliphatic heterocycles. The highest BCUT2D eigenvalue weighted by Crippen LogP contribution is 2.22. The first-order valence-corrected chi connectivity index (χ1v) is 7.15. The van der Waals surface area contributed by atoms with E-state index in [9.17, 15) is 4.79 Å². The van der Waals surface area contributed by atoms with Crippen LogP contribution in [-0.4, -0.2) is 44.2 Å². The van der Waals surface area contributed by atoms with Crippen LogP contribution < -0.4 is 5.32 Å². The van der Waals surface area contributed by atoms with Crippen molar-refractivity contribution in [3.63, 3.8) is 0 Å². The maximum Gasteiger partial charge on any atom is 0.253 e. The Kier molecular flexibility index (Phi) is 4.65. The minimum Gasteiger partial charge on any atom is -0.382 e. The van der Waals surface area contributed by atoms with E-state index in [1.807, 2.05) is 25.1 Å². The lowest BCUT2D eigenvalue weighted by molar-refractivity contribution is 0.0827. The maximum absolute atomic E-state index is 12.0. The number of carbonyl (C=O) groups excluding carboxylic acids is 1. The molecular formula is C16H24N2O2. The van der Waals surface area contributed by atoms with E-state index in [4.69, 9.17) is 4.74 Å². The molecule has 2 rings (SSSR count). The molecule has 0 aromatic heterocycles. The van der Waals surface area contributed by atoms with Gasteiger partial charge in [0.05, 0.1) is 6.61 Å². The summed E-state index contributed by atoms with van der Waals surface area (Å²) in [4.78, 5) is 13.6. The van der Waals surface area contributed by atoms with Crippen LogP contribution in [0.15, 0.2) is 18.2 Å². The number of nitrogens with zero attached hydrogens (tertiary/aromatic N) is 1. The minimum atomic E-state index is 0.0475. The van der Waals surface area contributed by atoms with Gasteiger partial charge in [0.2, 0.25) is 0 Å². The van der Waals surface area contributed by atoms with Crippen LogP contribution in [0.1, 0.15) is 29.3 Å². The van der Waals surface area contributed by atoms with E-state index in [2.05, 4.69) is 12.2 Å². The van der Waals surface area contributed by atoms with E-state index in [-0.39, 0.29) is 5.91 Å². The SMILES string of the molecule is Cc1cc(N[C@@H](C)[C@H]2CCOC2)ccc1C(=O)N(C)C. The zero-order chi connectivity index (χ0) is 14.7. The van der Waals surface area contributed by atoms with Gasteiger partial charge < -0.3 is 15.0 Å². The molecule has 1 aromatic rings. The fourth-order valence-corrected chi connectivity index (χ4v) is 2.56. The van der Waals surface area contributed by atoms with Crippen molar-refractivity contribution in [2.24, 2.45) is 5.92 Å². The third-order valence-electron chi connectivity index (χ3n) is 3.93. The largest absolute Gasteiger partial charge is 0.382 e. The van der Waals surface area contributed by atoms with Crippen LogP contribution in [0, 0.1) is 12.8 Å². The molecule has 4 heteroatoms. The molecule has 1 aromatic carbocycles. The Balaban J connectivity index is 2.06. The number of aryl methyl sites for hydroxylation is 1. The number of benzene rings is 1. The number of anilines is 1. The summed E-state index contributed by atoms with van der Waals surface area (Å²) in [6, 6.07) is 6.31. The summed E-state index contributed by atoms with van der Waals surface area (Å²) >= 11 is 0. The number of hydrogen-bond donors (Lipinski definition) is 1. The number of nitrogens with one attached hydrogen (secondary N) is 1. The van der Waals surface area contributed by atoms with Crippen molar-refractivity contribution in [2.45, 2.75) is 26.3 Å². The van der Waals surface area contributed by atoms with Crippen LogP contribution in [0.4, 0.5) is 5.69 Å². The fraction of sp³-hybridized carbons (Fsp3) is 0.562. The molecule has 0 saturated carbocycles. The van der Waals surface area contributed by atoms with Crippen molar-refractivity contribution in [3.05, 3.63) is 29.3 Å². The average molecular weight is 276 g/mol. The third-order valence-corrected chi connectivity index (χ3v) is 3.93.